The molecule has 0 unspecified atom stereocenters. The van der Waals surface area contributed by atoms with Gasteiger partial charge in [0.1, 0.15) is 0 Å². The summed E-state index contributed by atoms with van der Waals surface area (Å²) in [5.74, 6) is 0.0292. The lowest BCUT2D eigenvalue weighted by Gasteiger charge is -2.31. The predicted octanol–water partition coefficient (Wildman–Crippen LogP) is 3.51. The van der Waals surface area contributed by atoms with Crippen molar-refractivity contribution in [3.63, 3.8) is 0 Å². The van der Waals surface area contributed by atoms with Crippen LogP contribution in [0, 0.1) is 0 Å². The highest BCUT2D eigenvalue weighted by Crippen LogP contribution is 2.17. The van der Waals surface area contributed by atoms with Gasteiger partial charge in [-0.1, -0.05) is 18.2 Å². The number of sulfone groups is 1. The standard InChI is InChI=1S/C20H28N2O4S/c1-16(22(15-23)26-20(2,3)4)8-7-11-27(24,25)14-17-12-18-9-5-6-10-19(18)21-13-17/h5-6,9-10,12-13,15-16H,7-8,11,14H2,1-4H3/t16-/m0/s1. The van der Waals surface area contributed by atoms with Crippen LogP contribution in [0.5, 0.6) is 0 Å². The van der Waals surface area contributed by atoms with Gasteiger partial charge in [0.15, 0.2) is 9.84 Å². The van der Waals surface area contributed by atoms with E-state index in [-0.39, 0.29) is 17.5 Å². The van der Waals surface area contributed by atoms with E-state index in [2.05, 4.69) is 4.98 Å². The third-order valence-corrected chi connectivity index (χ3v) is 5.71. The summed E-state index contributed by atoms with van der Waals surface area (Å²) in [5.41, 5.74) is 1.05. The first-order valence-corrected chi connectivity index (χ1v) is 10.9. The van der Waals surface area contributed by atoms with E-state index in [0.29, 0.717) is 24.8 Å². The molecular weight excluding hydrogens is 364 g/mol. The topological polar surface area (TPSA) is 76.6 Å². The summed E-state index contributed by atoms with van der Waals surface area (Å²) in [6, 6.07) is 9.30. The Hall–Kier alpha value is -1.99. The number of fused-ring (bicyclic) bond motifs is 1. The van der Waals surface area contributed by atoms with Gasteiger partial charge in [-0.05, 0) is 58.2 Å². The Balaban J connectivity index is 1.90. The molecule has 148 valence electrons. The molecular formula is C20H28N2O4S. The van der Waals surface area contributed by atoms with Crippen molar-refractivity contribution in [2.45, 2.75) is 57.9 Å². The van der Waals surface area contributed by atoms with E-state index in [1.54, 1.807) is 6.20 Å². The largest absolute Gasteiger partial charge is 0.276 e. The quantitative estimate of drug-likeness (QED) is 0.482. The van der Waals surface area contributed by atoms with Crippen LogP contribution >= 0.6 is 0 Å². The summed E-state index contributed by atoms with van der Waals surface area (Å²) in [5, 5.41) is 2.19. The second-order valence-corrected chi connectivity index (χ2v) is 9.97. The van der Waals surface area contributed by atoms with Crippen LogP contribution in [0.2, 0.25) is 0 Å². The van der Waals surface area contributed by atoms with E-state index >= 15 is 0 Å². The van der Waals surface area contributed by atoms with Gasteiger partial charge in [-0.15, -0.1) is 0 Å². The molecule has 0 saturated heterocycles. The van der Waals surface area contributed by atoms with Crippen molar-refractivity contribution in [3.8, 4) is 0 Å². The van der Waals surface area contributed by atoms with E-state index in [1.807, 2.05) is 58.0 Å². The average molecular weight is 393 g/mol. The first-order chi connectivity index (χ1) is 12.6. The zero-order valence-corrected chi connectivity index (χ0v) is 17.2. The van der Waals surface area contributed by atoms with Gasteiger partial charge in [0.25, 0.3) is 0 Å². The van der Waals surface area contributed by atoms with Crippen LogP contribution < -0.4 is 0 Å². The molecule has 0 aliphatic rings. The molecule has 0 bridgehead atoms. The molecule has 0 radical (unpaired) electrons. The molecule has 0 saturated carbocycles. The van der Waals surface area contributed by atoms with Crippen molar-refractivity contribution in [3.05, 3.63) is 42.1 Å². The maximum atomic E-state index is 12.4. The van der Waals surface area contributed by atoms with Crippen molar-refractivity contribution in [1.29, 1.82) is 0 Å². The lowest BCUT2D eigenvalue weighted by molar-refractivity contribution is -0.230. The number of benzene rings is 1. The van der Waals surface area contributed by atoms with Crippen LogP contribution in [0.15, 0.2) is 36.5 Å². The molecule has 0 aliphatic carbocycles. The Labute approximate surface area is 161 Å². The minimum absolute atomic E-state index is 0.0326. The third-order valence-electron chi connectivity index (χ3n) is 4.03. The molecule has 1 heterocycles. The van der Waals surface area contributed by atoms with Crippen molar-refractivity contribution in [2.75, 3.05) is 5.75 Å². The first-order valence-electron chi connectivity index (χ1n) is 9.06. The summed E-state index contributed by atoms with van der Waals surface area (Å²) in [6.45, 7) is 7.43. The Kier molecular flexibility index (Phi) is 6.95. The number of nitrogens with zero attached hydrogens (tertiary/aromatic N) is 2. The molecule has 2 rings (SSSR count). The predicted molar refractivity (Wildman–Crippen MR) is 107 cm³/mol. The van der Waals surface area contributed by atoms with Crippen LogP contribution in [0.4, 0.5) is 0 Å². The van der Waals surface area contributed by atoms with Crippen molar-refractivity contribution in [2.24, 2.45) is 0 Å². The highest BCUT2D eigenvalue weighted by Gasteiger charge is 2.21. The molecule has 7 heteroatoms. The fraction of sp³-hybridized carbons (Fsp3) is 0.500. The summed E-state index contributed by atoms with van der Waals surface area (Å²) in [7, 11) is -3.25. The fourth-order valence-corrected chi connectivity index (χ4v) is 4.20. The Morgan fingerprint density at radius 1 is 1.26 bits per heavy atom. The number of carbonyl (C=O) groups is 1. The second kappa shape index (κ2) is 8.80. The summed E-state index contributed by atoms with van der Waals surface area (Å²) < 4.78 is 24.9. The zero-order valence-electron chi connectivity index (χ0n) is 16.4. The number of pyridine rings is 1. The first kappa shape index (κ1) is 21.3. The number of aromatic nitrogens is 1. The van der Waals surface area contributed by atoms with Crippen LogP contribution in [0.3, 0.4) is 0 Å². The number of carbonyl (C=O) groups excluding carboxylic acids is 1. The second-order valence-electron chi connectivity index (χ2n) is 7.79. The maximum Gasteiger partial charge on any atom is 0.233 e. The molecule has 0 spiro atoms. The Morgan fingerprint density at radius 2 is 1.96 bits per heavy atom. The van der Waals surface area contributed by atoms with Crippen molar-refractivity contribution in [1.82, 2.24) is 10.0 Å². The lowest BCUT2D eigenvalue weighted by Crippen LogP contribution is -2.39. The number of hydrogen-bond donors (Lipinski definition) is 0. The van der Waals surface area contributed by atoms with Gasteiger partial charge in [-0.25, -0.2) is 13.5 Å². The normalized spacial score (nSPS) is 13.5. The minimum atomic E-state index is -3.25. The summed E-state index contributed by atoms with van der Waals surface area (Å²) in [4.78, 5) is 21.1. The summed E-state index contributed by atoms with van der Waals surface area (Å²) >= 11 is 0. The smallest absolute Gasteiger partial charge is 0.233 e. The number of hydroxylamine groups is 2. The highest BCUT2D eigenvalue weighted by molar-refractivity contribution is 7.90. The molecule has 2 aromatic rings. The zero-order chi connectivity index (χ0) is 20.1. The molecule has 0 aliphatic heterocycles. The van der Waals surface area contributed by atoms with E-state index < -0.39 is 15.4 Å². The van der Waals surface area contributed by atoms with Crippen LogP contribution in [-0.2, 0) is 25.2 Å². The number of amides is 1. The van der Waals surface area contributed by atoms with E-state index in [4.69, 9.17) is 4.84 Å². The third kappa shape index (κ3) is 6.92. The van der Waals surface area contributed by atoms with Gasteiger partial charge in [0.05, 0.1) is 28.7 Å². The molecule has 1 aromatic heterocycles. The Bertz CT molecular complexity index is 875. The van der Waals surface area contributed by atoms with E-state index in [9.17, 15) is 13.2 Å². The fourth-order valence-electron chi connectivity index (χ4n) is 2.78. The number of para-hydroxylation sites is 1. The van der Waals surface area contributed by atoms with Gasteiger partial charge in [-0.3, -0.25) is 14.6 Å². The van der Waals surface area contributed by atoms with Gasteiger partial charge in [-0.2, -0.15) is 0 Å². The van der Waals surface area contributed by atoms with Gasteiger partial charge in [0.2, 0.25) is 6.41 Å². The maximum absolute atomic E-state index is 12.4. The number of rotatable bonds is 9. The average Bonchev–Trinajstić information content (AvgIpc) is 2.58. The SMILES string of the molecule is C[C@@H](CCCS(=O)(=O)Cc1cnc2ccccc2c1)N(C=O)OC(C)(C)C. The molecule has 0 N–H and O–H groups in total. The summed E-state index contributed by atoms with van der Waals surface area (Å²) in [6.07, 6.45) is 3.27. The molecule has 6 nitrogen and oxygen atoms in total. The monoisotopic (exact) mass is 392 g/mol. The van der Waals surface area contributed by atoms with Gasteiger partial charge in [0, 0.05) is 11.6 Å². The van der Waals surface area contributed by atoms with Crippen LogP contribution in [0.1, 0.15) is 46.1 Å². The van der Waals surface area contributed by atoms with Gasteiger partial charge < -0.3 is 0 Å². The van der Waals surface area contributed by atoms with Crippen LogP contribution in [0.25, 0.3) is 10.9 Å². The molecule has 1 amide bonds. The van der Waals surface area contributed by atoms with E-state index in [1.165, 1.54) is 5.06 Å². The Morgan fingerprint density at radius 3 is 2.63 bits per heavy atom. The van der Waals surface area contributed by atoms with E-state index in [0.717, 1.165) is 10.9 Å². The number of hydrogen-bond acceptors (Lipinski definition) is 5. The van der Waals surface area contributed by atoms with Crippen molar-refractivity contribution >= 4 is 27.2 Å². The molecule has 27 heavy (non-hydrogen) atoms. The highest BCUT2D eigenvalue weighted by atomic mass is 32.2. The van der Waals surface area contributed by atoms with Gasteiger partial charge >= 0.3 is 0 Å². The lowest BCUT2D eigenvalue weighted by atomic mass is 10.2. The molecule has 1 aromatic carbocycles. The minimum Gasteiger partial charge on any atom is -0.276 e. The van der Waals surface area contributed by atoms with Crippen LogP contribution in [-0.4, -0.2) is 42.3 Å². The van der Waals surface area contributed by atoms with Crippen molar-refractivity contribution < 1.29 is 18.0 Å². The molecule has 0 fully saturated rings. The molecule has 1 atom stereocenters.